The molecule has 0 amide bonds. The first-order chi connectivity index (χ1) is 17.1. The summed E-state index contributed by atoms with van der Waals surface area (Å²) >= 11 is 0. The predicted molar refractivity (Wildman–Crippen MR) is 148 cm³/mol. The third kappa shape index (κ3) is 3.24. The molecule has 196 valence electrons. The van der Waals surface area contributed by atoms with Crippen LogP contribution in [0.4, 0.5) is 0 Å². The second-order valence-electron chi connectivity index (χ2n) is 14.7. The lowest BCUT2D eigenvalue weighted by Gasteiger charge is -2.68. The van der Waals surface area contributed by atoms with Crippen LogP contribution in [0.25, 0.3) is 5.57 Å². The first-order valence-electron chi connectivity index (χ1n) is 15.1. The van der Waals surface area contributed by atoms with Gasteiger partial charge in [-0.15, -0.1) is 0 Å². The van der Waals surface area contributed by atoms with E-state index in [2.05, 4.69) is 40.7 Å². The van der Waals surface area contributed by atoms with E-state index in [9.17, 15) is 9.90 Å². The average molecular weight is 489 g/mol. The number of rotatable bonds is 3. The van der Waals surface area contributed by atoms with E-state index in [0.717, 1.165) is 23.7 Å². The highest BCUT2D eigenvalue weighted by atomic mass is 16.4. The highest BCUT2D eigenvalue weighted by Crippen LogP contribution is 2.73. The maximum absolute atomic E-state index is 11.4. The van der Waals surface area contributed by atoms with Crippen LogP contribution in [-0.4, -0.2) is 11.1 Å². The number of fused-ring (bicyclic) bond motifs is 7. The number of carboxylic acid groups (broad SMARTS) is 1. The Morgan fingerprint density at radius 1 is 0.861 bits per heavy atom. The van der Waals surface area contributed by atoms with E-state index in [1.807, 2.05) is 12.1 Å². The van der Waals surface area contributed by atoms with Crippen molar-refractivity contribution in [2.45, 2.75) is 105 Å². The first kappa shape index (κ1) is 24.7. The van der Waals surface area contributed by atoms with Gasteiger partial charge in [-0.2, -0.15) is 0 Å². The molecule has 6 rings (SSSR count). The third-order valence-electron chi connectivity index (χ3n) is 13.4. The van der Waals surface area contributed by atoms with Crippen molar-refractivity contribution in [1.29, 1.82) is 0 Å². The van der Waals surface area contributed by atoms with E-state index in [-0.39, 0.29) is 5.41 Å². The van der Waals surface area contributed by atoms with Gasteiger partial charge in [0.1, 0.15) is 0 Å². The van der Waals surface area contributed by atoms with Crippen LogP contribution in [0.2, 0.25) is 0 Å². The lowest BCUT2D eigenvalue weighted by Crippen LogP contribution is -2.61. The Morgan fingerprint density at radius 3 is 2.31 bits per heavy atom. The standard InChI is InChI=1S/C34H48O2/c1-6-34-18-7-8-27(34)24-13-14-29-32(4,26(24)16-21-34)20-17-28-31(2,3)25(15-19-33(28,29)5)22-9-11-23(12-10-22)30(35)36/h9-12,15,24,26-29H,6-8,13-14,16-21H2,1-5H3,(H,35,36)/t24-,26?,27?,28?,29?,32-,33-,34+/m0/s1. The molecule has 0 spiro atoms. The van der Waals surface area contributed by atoms with Crippen molar-refractivity contribution >= 4 is 11.5 Å². The van der Waals surface area contributed by atoms with Crippen LogP contribution >= 0.6 is 0 Å². The normalized spacial score (nSPS) is 45.0. The zero-order valence-electron chi connectivity index (χ0n) is 23.4. The van der Waals surface area contributed by atoms with E-state index < -0.39 is 5.97 Å². The Bertz CT molecular complexity index is 1070. The van der Waals surface area contributed by atoms with E-state index in [4.69, 9.17) is 0 Å². The molecule has 8 atom stereocenters. The van der Waals surface area contributed by atoms with Crippen LogP contribution in [0.5, 0.6) is 0 Å². The van der Waals surface area contributed by atoms with Crippen molar-refractivity contribution in [2.24, 2.45) is 51.2 Å². The second kappa shape index (κ2) is 8.21. The van der Waals surface area contributed by atoms with Gasteiger partial charge in [-0.05, 0) is 132 Å². The fourth-order valence-corrected chi connectivity index (χ4v) is 11.9. The molecule has 1 aromatic carbocycles. The van der Waals surface area contributed by atoms with Gasteiger partial charge in [0.25, 0.3) is 0 Å². The molecule has 2 heteroatoms. The molecule has 36 heavy (non-hydrogen) atoms. The Morgan fingerprint density at radius 2 is 1.61 bits per heavy atom. The van der Waals surface area contributed by atoms with E-state index in [1.165, 1.54) is 81.8 Å². The van der Waals surface area contributed by atoms with Crippen LogP contribution < -0.4 is 0 Å². The van der Waals surface area contributed by atoms with Crippen molar-refractivity contribution in [3.63, 3.8) is 0 Å². The molecule has 0 aliphatic heterocycles. The molecular weight excluding hydrogens is 440 g/mol. The minimum Gasteiger partial charge on any atom is -0.478 e. The maximum atomic E-state index is 11.4. The summed E-state index contributed by atoms with van der Waals surface area (Å²) in [6.45, 7) is 12.9. The quantitative estimate of drug-likeness (QED) is 0.460. The predicted octanol–water partition coefficient (Wildman–Crippen LogP) is 9.25. The van der Waals surface area contributed by atoms with Gasteiger partial charge in [0.05, 0.1) is 5.56 Å². The molecule has 5 aliphatic carbocycles. The Kier molecular flexibility index (Phi) is 5.65. The molecule has 2 nitrogen and oxygen atoms in total. The summed E-state index contributed by atoms with van der Waals surface area (Å²) in [4.78, 5) is 11.4. The van der Waals surface area contributed by atoms with Crippen LogP contribution in [0.15, 0.2) is 30.3 Å². The molecule has 4 unspecified atom stereocenters. The average Bonchev–Trinajstić information content (AvgIpc) is 3.29. The van der Waals surface area contributed by atoms with Gasteiger partial charge < -0.3 is 5.11 Å². The summed E-state index contributed by atoms with van der Waals surface area (Å²) in [6.07, 6.45) is 18.3. The zero-order chi connectivity index (χ0) is 25.5. The van der Waals surface area contributed by atoms with Gasteiger partial charge in [0.15, 0.2) is 0 Å². The van der Waals surface area contributed by atoms with Gasteiger partial charge in [-0.25, -0.2) is 4.79 Å². The Hall–Kier alpha value is -1.57. The summed E-state index contributed by atoms with van der Waals surface area (Å²) in [7, 11) is 0. The second-order valence-corrected chi connectivity index (χ2v) is 14.7. The summed E-state index contributed by atoms with van der Waals surface area (Å²) in [6, 6.07) is 7.65. The molecule has 4 fully saturated rings. The zero-order valence-corrected chi connectivity index (χ0v) is 23.4. The summed E-state index contributed by atoms with van der Waals surface area (Å²) < 4.78 is 0. The van der Waals surface area contributed by atoms with Gasteiger partial charge in [-0.3, -0.25) is 0 Å². The van der Waals surface area contributed by atoms with Gasteiger partial charge >= 0.3 is 5.97 Å². The topological polar surface area (TPSA) is 37.3 Å². The van der Waals surface area contributed by atoms with Crippen molar-refractivity contribution in [3.8, 4) is 0 Å². The SMILES string of the molecule is CC[C@]12CCCC1[C@H]1CCC3[C@@](C)(CCC4C(C)(C)C(c5ccc(C(=O)O)cc5)=CC[C@@]43C)C1CC2. The Balaban J connectivity index is 1.32. The number of hydrogen-bond acceptors (Lipinski definition) is 1. The van der Waals surface area contributed by atoms with Crippen molar-refractivity contribution in [3.05, 3.63) is 41.5 Å². The van der Waals surface area contributed by atoms with Crippen LogP contribution in [0, 0.1) is 51.2 Å². The fourth-order valence-electron chi connectivity index (χ4n) is 11.9. The molecule has 0 aromatic heterocycles. The minimum atomic E-state index is -0.843. The number of carboxylic acids is 1. The lowest BCUT2D eigenvalue weighted by molar-refractivity contribution is -0.178. The van der Waals surface area contributed by atoms with Crippen LogP contribution in [-0.2, 0) is 0 Å². The molecule has 0 saturated heterocycles. The molecule has 1 N–H and O–H groups in total. The maximum Gasteiger partial charge on any atom is 0.335 e. The minimum absolute atomic E-state index is 0.102. The molecule has 5 aliphatic rings. The largest absolute Gasteiger partial charge is 0.478 e. The van der Waals surface area contributed by atoms with Crippen molar-refractivity contribution in [1.82, 2.24) is 0 Å². The summed E-state index contributed by atoms with van der Waals surface area (Å²) in [5.74, 6) is 3.60. The molecular formula is C34H48O2. The van der Waals surface area contributed by atoms with Crippen molar-refractivity contribution in [2.75, 3.05) is 0 Å². The summed E-state index contributed by atoms with van der Waals surface area (Å²) in [5, 5.41) is 9.36. The van der Waals surface area contributed by atoms with E-state index in [0.29, 0.717) is 27.7 Å². The molecule has 1 aromatic rings. The van der Waals surface area contributed by atoms with Crippen LogP contribution in [0.3, 0.4) is 0 Å². The monoisotopic (exact) mass is 488 g/mol. The number of aromatic carboxylic acids is 1. The Labute approximate surface area is 219 Å². The summed E-state index contributed by atoms with van der Waals surface area (Å²) in [5.41, 5.74) is 4.69. The number of hydrogen-bond donors (Lipinski definition) is 1. The van der Waals surface area contributed by atoms with Gasteiger partial charge in [0, 0.05) is 0 Å². The van der Waals surface area contributed by atoms with Crippen LogP contribution in [0.1, 0.15) is 121 Å². The van der Waals surface area contributed by atoms with E-state index in [1.54, 1.807) is 12.1 Å². The smallest absolute Gasteiger partial charge is 0.335 e. The number of benzene rings is 1. The molecule has 4 saturated carbocycles. The molecule has 0 radical (unpaired) electrons. The molecule has 0 bridgehead atoms. The van der Waals surface area contributed by atoms with Gasteiger partial charge in [-0.1, -0.05) is 65.7 Å². The number of allylic oxidation sites excluding steroid dienone is 2. The molecule has 0 heterocycles. The van der Waals surface area contributed by atoms with E-state index >= 15 is 0 Å². The first-order valence-corrected chi connectivity index (χ1v) is 15.1. The lowest BCUT2D eigenvalue weighted by atomic mass is 9.36. The third-order valence-corrected chi connectivity index (χ3v) is 13.4. The van der Waals surface area contributed by atoms with Crippen molar-refractivity contribution < 1.29 is 9.90 Å². The fraction of sp³-hybridized carbons (Fsp3) is 0.735. The highest BCUT2D eigenvalue weighted by molar-refractivity contribution is 5.88. The number of carbonyl (C=O) groups is 1. The highest BCUT2D eigenvalue weighted by Gasteiger charge is 2.65. The van der Waals surface area contributed by atoms with Gasteiger partial charge in [0.2, 0.25) is 0 Å².